The van der Waals surface area contributed by atoms with E-state index in [1.54, 1.807) is 0 Å². The molecule has 0 radical (unpaired) electrons. The largest absolute Gasteiger partial charge is 0.355 e. The summed E-state index contributed by atoms with van der Waals surface area (Å²) in [7, 11) is 0. The van der Waals surface area contributed by atoms with Gasteiger partial charge in [-0.3, -0.25) is 10.1 Å². The van der Waals surface area contributed by atoms with Gasteiger partial charge in [-0.25, -0.2) is 0 Å². The van der Waals surface area contributed by atoms with Crippen molar-refractivity contribution < 1.29 is 4.79 Å². The van der Waals surface area contributed by atoms with Gasteiger partial charge in [0.1, 0.15) is 0 Å². The number of aryl methyl sites for hydroxylation is 1. The van der Waals surface area contributed by atoms with Gasteiger partial charge in [0.2, 0.25) is 5.91 Å². The zero-order chi connectivity index (χ0) is 12.8. The van der Waals surface area contributed by atoms with Crippen LogP contribution in [0.5, 0.6) is 0 Å². The minimum absolute atomic E-state index is 0.0490. The number of benzene rings is 1. The van der Waals surface area contributed by atoms with Gasteiger partial charge in [0.15, 0.2) is 0 Å². The molecule has 0 bridgehead atoms. The van der Waals surface area contributed by atoms with Crippen LogP contribution in [0.1, 0.15) is 37.9 Å². The van der Waals surface area contributed by atoms with Crippen molar-refractivity contribution in [2.24, 2.45) is 0 Å². The number of rotatable bonds is 5. The molecule has 0 fully saturated rings. The van der Waals surface area contributed by atoms with E-state index in [-0.39, 0.29) is 18.0 Å². The van der Waals surface area contributed by atoms with Crippen molar-refractivity contribution in [2.75, 3.05) is 6.54 Å². The van der Waals surface area contributed by atoms with E-state index in [9.17, 15) is 4.79 Å². The van der Waals surface area contributed by atoms with Crippen LogP contribution in [-0.4, -0.2) is 18.5 Å². The second kappa shape index (κ2) is 6.40. The lowest BCUT2D eigenvalue weighted by molar-refractivity contribution is -0.122. The smallest absolute Gasteiger partial charge is 0.236 e. The van der Waals surface area contributed by atoms with Crippen molar-refractivity contribution in [3.05, 3.63) is 35.4 Å². The van der Waals surface area contributed by atoms with E-state index in [1.807, 2.05) is 26.0 Å². The van der Waals surface area contributed by atoms with Crippen LogP contribution in [0.25, 0.3) is 0 Å². The number of nitrogens with one attached hydrogen (secondary N) is 2. The summed E-state index contributed by atoms with van der Waals surface area (Å²) in [4.78, 5) is 11.6. The summed E-state index contributed by atoms with van der Waals surface area (Å²) < 4.78 is 0. The van der Waals surface area contributed by atoms with Gasteiger partial charge >= 0.3 is 0 Å². The topological polar surface area (TPSA) is 41.1 Å². The van der Waals surface area contributed by atoms with E-state index in [4.69, 9.17) is 0 Å². The lowest BCUT2D eigenvalue weighted by atomic mass is 10.0. The highest BCUT2D eigenvalue weighted by atomic mass is 16.2. The van der Waals surface area contributed by atoms with Gasteiger partial charge in [-0.05, 0) is 38.8 Å². The fourth-order valence-corrected chi connectivity index (χ4v) is 1.94. The predicted octanol–water partition coefficient (Wildman–Crippen LogP) is 2.17. The third-order valence-corrected chi connectivity index (χ3v) is 2.90. The molecule has 1 aromatic rings. The first kappa shape index (κ1) is 13.7. The highest BCUT2D eigenvalue weighted by molar-refractivity contribution is 5.81. The van der Waals surface area contributed by atoms with Crippen molar-refractivity contribution in [2.45, 2.75) is 39.8 Å². The predicted molar refractivity (Wildman–Crippen MR) is 70.9 cm³/mol. The van der Waals surface area contributed by atoms with Crippen LogP contribution in [0.2, 0.25) is 0 Å². The van der Waals surface area contributed by atoms with Crippen molar-refractivity contribution in [1.82, 2.24) is 10.6 Å². The molecule has 3 nitrogen and oxygen atoms in total. The fraction of sp³-hybridized carbons (Fsp3) is 0.500. The number of amides is 1. The van der Waals surface area contributed by atoms with E-state index in [2.05, 4.69) is 36.6 Å². The highest BCUT2D eigenvalue weighted by Gasteiger charge is 2.16. The SMILES string of the molecule is CCNC(=O)C(C)N[C@H](C)c1ccccc1C. The summed E-state index contributed by atoms with van der Waals surface area (Å²) in [5.74, 6) is 0.0490. The molecule has 0 saturated heterocycles. The Morgan fingerprint density at radius 1 is 1.29 bits per heavy atom. The lowest BCUT2D eigenvalue weighted by Crippen LogP contribution is -2.43. The maximum atomic E-state index is 11.6. The normalized spacial score (nSPS) is 14.1. The number of likely N-dealkylation sites (N-methyl/N-ethyl adjacent to an activating group) is 1. The Morgan fingerprint density at radius 2 is 1.94 bits per heavy atom. The summed E-state index contributed by atoms with van der Waals surface area (Å²) in [6.45, 7) is 8.65. The molecule has 1 unspecified atom stereocenters. The van der Waals surface area contributed by atoms with Crippen molar-refractivity contribution in [1.29, 1.82) is 0 Å². The molecule has 0 spiro atoms. The molecular weight excluding hydrogens is 212 g/mol. The van der Waals surface area contributed by atoms with Crippen LogP contribution in [0.15, 0.2) is 24.3 Å². The molecule has 0 aromatic heterocycles. The second-order valence-corrected chi connectivity index (χ2v) is 4.36. The van der Waals surface area contributed by atoms with Gasteiger partial charge < -0.3 is 5.32 Å². The van der Waals surface area contributed by atoms with Gasteiger partial charge in [-0.15, -0.1) is 0 Å². The van der Waals surface area contributed by atoms with Gasteiger partial charge in [-0.1, -0.05) is 24.3 Å². The molecule has 0 heterocycles. The lowest BCUT2D eigenvalue weighted by Gasteiger charge is -2.21. The molecule has 0 aliphatic heterocycles. The monoisotopic (exact) mass is 234 g/mol. The zero-order valence-electron chi connectivity index (χ0n) is 11.1. The molecule has 17 heavy (non-hydrogen) atoms. The first-order valence-corrected chi connectivity index (χ1v) is 6.15. The van der Waals surface area contributed by atoms with E-state index < -0.39 is 0 Å². The van der Waals surface area contributed by atoms with Gasteiger partial charge in [0, 0.05) is 12.6 Å². The molecule has 1 amide bonds. The molecule has 0 aliphatic rings. The second-order valence-electron chi connectivity index (χ2n) is 4.36. The first-order valence-electron chi connectivity index (χ1n) is 6.15. The van der Waals surface area contributed by atoms with E-state index in [0.29, 0.717) is 6.54 Å². The van der Waals surface area contributed by atoms with Crippen molar-refractivity contribution >= 4 is 5.91 Å². The Bertz CT molecular complexity index is 376. The molecule has 2 N–H and O–H groups in total. The standard InChI is InChI=1S/C14H22N2O/c1-5-15-14(17)12(4)16-11(3)13-9-7-6-8-10(13)2/h6-9,11-12,16H,5H2,1-4H3,(H,15,17)/t11-,12?/m1/s1. The number of hydrogen-bond acceptors (Lipinski definition) is 2. The van der Waals surface area contributed by atoms with Crippen LogP contribution in [0, 0.1) is 6.92 Å². The van der Waals surface area contributed by atoms with E-state index in [0.717, 1.165) is 0 Å². The van der Waals surface area contributed by atoms with Crippen molar-refractivity contribution in [3.8, 4) is 0 Å². The van der Waals surface area contributed by atoms with E-state index >= 15 is 0 Å². The number of carbonyl (C=O) groups excluding carboxylic acids is 1. The third-order valence-electron chi connectivity index (χ3n) is 2.90. The number of carbonyl (C=O) groups is 1. The molecule has 0 saturated carbocycles. The summed E-state index contributed by atoms with van der Waals surface area (Å²) in [5, 5.41) is 6.12. The molecule has 0 aliphatic carbocycles. The maximum Gasteiger partial charge on any atom is 0.236 e. The average Bonchev–Trinajstić information content (AvgIpc) is 2.29. The number of hydrogen-bond donors (Lipinski definition) is 2. The maximum absolute atomic E-state index is 11.6. The molecule has 1 aromatic carbocycles. The summed E-state index contributed by atoms with van der Waals surface area (Å²) in [6.07, 6.45) is 0. The summed E-state index contributed by atoms with van der Waals surface area (Å²) >= 11 is 0. The molecular formula is C14H22N2O. The fourth-order valence-electron chi connectivity index (χ4n) is 1.94. The summed E-state index contributed by atoms with van der Waals surface area (Å²) in [5.41, 5.74) is 2.49. The van der Waals surface area contributed by atoms with Gasteiger partial charge in [-0.2, -0.15) is 0 Å². The van der Waals surface area contributed by atoms with Crippen LogP contribution in [0.4, 0.5) is 0 Å². The Morgan fingerprint density at radius 3 is 2.53 bits per heavy atom. The molecule has 3 heteroatoms. The summed E-state index contributed by atoms with van der Waals surface area (Å²) in [6, 6.07) is 8.23. The van der Waals surface area contributed by atoms with Crippen LogP contribution >= 0.6 is 0 Å². The average molecular weight is 234 g/mol. The van der Waals surface area contributed by atoms with Crippen molar-refractivity contribution in [3.63, 3.8) is 0 Å². The molecule has 94 valence electrons. The molecule has 2 atom stereocenters. The van der Waals surface area contributed by atoms with Crippen LogP contribution in [0.3, 0.4) is 0 Å². The van der Waals surface area contributed by atoms with E-state index in [1.165, 1.54) is 11.1 Å². The van der Waals surface area contributed by atoms with Crippen LogP contribution in [-0.2, 0) is 4.79 Å². The quantitative estimate of drug-likeness (QED) is 0.820. The van der Waals surface area contributed by atoms with Crippen LogP contribution < -0.4 is 10.6 Å². The Balaban J connectivity index is 2.63. The minimum Gasteiger partial charge on any atom is -0.355 e. The molecule has 1 rings (SSSR count). The van der Waals surface area contributed by atoms with Gasteiger partial charge in [0.25, 0.3) is 0 Å². The Labute approximate surface area is 104 Å². The minimum atomic E-state index is -0.176. The first-order chi connectivity index (χ1) is 8.06. The zero-order valence-corrected chi connectivity index (χ0v) is 11.1. The third kappa shape index (κ3) is 3.86. The Hall–Kier alpha value is -1.35. The Kier molecular flexibility index (Phi) is 5.16. The highest BCUT2D eigenvalue weighted by Crippen LogP contribution is 2.17. The van der Waals surface area contributed by atoms with Gasteiger partial charge in [0.05, 0.1) is 6.04 Å².